The summed E-state index contributed by atoms with van der Waals surface area (Å²) < 4.78 is 1.24. The van der Waals surface area contributed by atoms with Gasteiger partial charge in [0, 0.05) is 23.9 Å². The Bertz CT molecular complexity index is 1060. The fourth-order valence-corrected chi connectivity index (χ4v) is 2.45. The Balaban J connectivity index is 1.98. The maximum absolute atomic E-state index is 12.6. The highest BCUT2D eigenvalue weighted by Crippen LogP contribution is 2.15. The largest absolute Gasteiger partial charge is 0.316 e. The number of nitrogens with one attached hydrogen (secondary N) is 1. The van der Waals surface area contributed by atoms with Gasteiger partial charge < -0.3 is 5.32 Å². The maximum atomic E-state index is 12.6. The van der Waals surface area contributed by atoms with Crippen molar-refractivity contribution >= 4 is 34.5 Å². The van der Waals surface area contributed by atoms with Gasteiger partial charge in [0.15, 0.2) is 0 Å². The van der Waals surface area contributed by atoms with Crippen LogP contribution in [0.1, 0.15) is 16.1 Å². The Morgan fingerprint density at radius 3 is 2.56 bits per heavy atom. The molecule has 0 saturated carbocycles. The van der Waals surface area contributed by atoms with Crippen molar-refractivity contribution in [3.63, 3.8) is 0 Å². The van der Waals surface area contributed by atoms with Gasteiger partial charge in [-0.15, -0.1) is 0 Å². The summed E-state index contributed by atoms with van der Waals surface area (Å²) in [4.78, 5) is 39.2. The van der Waals surface area contributed by atoms with Crippen molar-refractivity contribution in [1.82, 2.24) is 9.38 Å². The average Bonchev–Trinajstić information content (AvgIpc) is 2.59. The van der Waals surface area contributed by atoms with Gasteiger partial charge in [0.25, 0.3) is 17.2 Å². The van der Waals surface area contributed by atoms with Crippen LogP contribution >= 0.6 is 11.6 Å². The first-order valence-electron chi connectivity index (χ1n) is 7.11. The molecule has 0 atom stereocenters. The molecule has 2 heterocycles. The topological polar surface area (TPSA) is 107 Å². The summed E-state index contributed by atoms with van der Waals surface area (Å²) in [6, 6.07) is 8.26. The van der Waals surface area contributed by atoms with E-state index in [4.69, 9.17) is 11.6 Å². The molecule has 126 valence electrons. The number of fused-ring (bicyclic) bond motifs is 1. The predicted molar refractivity (Wildman–Crippen MR) is 92.3 cm³/mol. The first kappa shape index (κ1) is 16.6. The summed E-state index contributed by atoms with van der Waals surface area (Å²) >= 11 is 5.89. The minimum atomic E-state index is -0.570. The monoisotopic (exact) mass is 358 g/mol. The minimum Gasteiger partial charge on any atom is -0.316 e. The molecule has 0 aliphatic heterocycles. The summed E-state index contributed by atoms with van der Waals surface area (Å²) in [6.45, 7) is 1.60. The standard InChI is InChI=1S/C16H11ClN4O4/c1-9-14(16(23)20-8-11(17)4-7-13(20)18-9)19-15(22)10-2-5-12(6-3-10)21(24)25/h2-8H,1H3,(H,19,22). The molecular formula is C16H11ClN4O4. The molecular weight excluding hydrogens is 348 g/mol. The van der Waals surface area contributed by atoms with Crippen molar-refractivity contribution in [3.8, 4) is 0 Å². The number of hydrogen-bond donors (Lipinski definition) is 1. The van der Waals surface area contributed by atoms with Crippen LogP contribution in [0.5, 0.6) is 0 Å². The second-order valence-electron chi connectivity index (χ2n) is 5.21. The third-order valence-corrected chi connectivity index (χ3v) is 3.77. The Labute approximate surface area is 145 Å². The van der Waals surface area contributed by atoms with Gasteiger partial charge in [0.05, 0.1) is 15.6 Å². The molecule has 0 aliphatic carbocycles. The van der Waals surface area contributed by atoms with Gasteiger partial charge in [-0.05, 0) is 31.2 Å². The number of pyridine rings is 1. The Morgan fingerprint density at radius 1 is 1.24 bits per heavy atom. The van der Waals surface area contributed by atoms with Crippen LogP contribution in [-0.2, 0) is 0 Å². The van der Waals surface area contributed by atoms with Crippen molar-refractivity contribution in [2.45, 2.75) is 6.92 Å². The van der Waals surface area contributed by atoms with E-state index in [0.717, 1.165) is 0 Å². The van der Waals surface area contributed by atoms with E-state index in [1.54, 1.807) is 19.1 Å². The number of nitrogens with zero attached hydrogens (tertiary/aromatic N) is 3. The van der Waals surface area contributed by atoms with E-state index in [9.17, 15) is 19.7 Å². The zero-order chi connectivity index (χ0) is 18.1. The summed E-state index contributed by atoms with van der Waals surface area (Å²) in [5.41, 5.74) is 0.349. The van der Waals surface area contributed by atoms with Gasteiger partial charge >= 0.3 is 0 Å². The number of halogens is 1. The highest BCUT2D eigenvalue weighted by Gasteiger charge is 2.15. The zero-order valence-corrected chi connectivity index (χ0v) is 13.6. The minimum absolute atomic E-state index is 0.0168. The van der Waals surface area contributed by atoms with E-state index in [2.05, 4.69) is 10.3 Å². The van der Waals surface area contributed by atoms with E-state index in [-0.39, 0.29) is 16.9 Å². The van der Waals surface area contributed by atoms with Gasteiger partial charge in [-0.1, -0.05) is 11.6 Å². The lowest BCUT2D eigenvalue weighted by atomic mass is 10.2. The molecule has 3 aromatic rings. The van der Waals surface area contributed by atoms with Crippen molar-refractivity contribution in [1.29, 1.82) is 0 Å². The van der Waals surface area contributed by atoms with E-state index in [1.807, 2.05) is 0 Å². The van der Waals surface area contributed by atoms with Gasteiger partial charge in [0.2, 0.25) is 0 Å². The molecule has 1 aromatic carbocycles. The van der Waals surface area contributed by atoms with Crippen LogP contribution in [0.2, 0.25) is 5.02 Å². The molecule has 0 saturated heterocycles. The number of non-ortho nitro benzene ring substituents is 1. The van der Waals surface area contributed by atoms with Crippen LogP contribution in [0.3, 0.4) is 0 Å². The Morgan fingerprint density at radius 2 is 1.92 bits per heavy atom. The summed E-state index contributed by atoms with van der Waals surface area (Å²) in [6.07, 6.45) is 1.41. The van der Waals surface area contributed by atoms with Crippen LogP contribution in [0.15, 0.2) is 47.4 Å². The van der Waals surface area contributed by atoms with E-state index >= 15 is 0 Å². The lowest BCUT2D eigenvalue weighted by molar-refractivity contribution is -0.384. The first-order chi connectivity index (χ1) is 11.9. The number of rotatable bonds is 3. The van der Waals surface area contributed by atoms with Crippen molar-refractivity contribution in [2.75, 3.05) is 5.32 Å². The highest BCUT2D eigenvalue weighted by atomic mass is 35.5. The molecule has 2 aromatic heterocycles. The average molecular weight is 359 g/mol. The van der Waals surface area contributed by atoms with E-state index in [1.165, 1.54) is 34.9 Å². The number of carbonyl (C=O) groups excluding carboxylic acids is 1. The maximum Gasteiger partial charge on any atom is 0.281 e. The van der Waals surface area contributed by atoms with Crippen LogP contribution in [-0.4, -0.2) is 20.2 Å². The zero-order valence-electron chi connectivity index (χ0n) is 12.9. The van der Waals surface area contributed by atoms with Crippen LogP contribution in [0, 0.1) is 17.0 Å². The predicted octanol–water partition coefficient (Wildman–Crippen LogP) is 2.82. The molecule has 0 bridgehead atoms. The second kappa shape index (κ2) is 6.33. The van der Waals surface area contributed by atoms with Gasteiger partial charge in [-0.2, -0.15) is 0 Å². The number of hydrogen-bond acceptors (Lipinski definition) is 5. The lowest BCUT2D eigenvalue weighted by Crippen LogP contribution is -2.25. The first-order valence-corrected chi connectivity index (χ1v) is 7.49. The summed E-state index contributed by atoms with van der Waals surface area (Å²) in [5, 5.41) is 13.5. The smallest absolute Gasteiger partial charge is 0.281 e. The van der Waals surface area contributed by atoms with E-state index in [0.29, 0.717) is 16.4 Å². The number of aromatic nitrogens is 2. The molecule has 0 aliphatic rings. The fourth-order valence-electron chi connectivity index (χ4n) is 2.29. The molecule has 0 spiro atoms. The molecule has 9 heteroatoms. The quantitative estimate of drug-likeness (QED) is 0.572. The number of carbonyl (C=O) groups is 1. The van der Waals surface area contributed by atoms with Crippen LogP contribution in [0.4, 0.5) is 11.4 Å². The number of anilines is 1. The molecule has 8 nitrogen and oxygen atoms in total. The number of amides is 1. The number of nitro benzene ring substituents is 1. The summed E-state index contributed by atoms with van der Waals surface area (Å²) in [7, 11) is 0. The second-order valence-corrected chi connectivity index (χ2v) is 5.65. The molecule has 0 unspecified atom stereocenters. The highest BCUT2D eigenvalue weighted by molar-refractivity contribution is 6.30. The Kier molecular flexibility index (Phi) is 4.20. The molecule has 3 rings (SSSR count). The fraction of sp³-hybridized carbons (Fsp3) is 0.0625. The third-order valence-electron chi connectivity index (χ3n) is 3.55. The van der Waals surface area contributed by atoms with Gasteiger partial charge in [-0.3, -0.25) is 24.1 Å². The molecule has 0 fully saturated rings. The number of nitro groups is 1. The van der Waals surface area contributed by atoms with Crippen molar-refractivity contribution < 1.29 is 9.72 Å². The van der Waals surface area contributed by atoms with Gasteiger partial charge in [-0.25, -0.2) is 4.98 Å². The summed E-state index contributed by atoms with van der Waals surface area (Å²) in [5.74, 6) is -0.570. The lowest BCUT2D eigenvalue weighted by Gasteiger charge is -2.09. The third kappa shape index (κ3) is 3.20. The molecule has 25 heavy (non-hydrogen) atoms. The SMILES string of the molecule is Cc1nc2ccc(Cl)cn2c(=O)c1NC(=O)c1ccc([N+](=O)[O-])cc1. The van der Waals surface area contributed by atoms with Crippen LogP contribution in [0.25, 0.3) is 5.65 Å². The Hall–Kier alpha value is -3.26. The normalized spacial score (nSPS) is 10.6. The molecule has 1 N–H and O–H groups in total. The molecule has 1 amide bonds. The van der Waals surface area contributed by atoms with Crippen molar-refractivity contribution in [2.24, 2.45) is 0 Å². The van der Waals surface area contributed by atoms with Gasteiger partial charge in [0.1, 0.15) is 11.3 Å². The number of benzene rings is 1. The van der Waals surface area contributed by atoms with Crippen molar-refractivity contribution in [3.05, 3.63) is 79.3 Å². The number of aryl methyl sites for hydroxylation is 1. The van der Waals surface area contributed by atoms with Crippen LogP contribution < -0.4 is 10.9 Å². The molecule has 0 radical (unpaired) electrons. The van der Waals surface area contributed by atoms with E-state index < -0.39 is 16.4 Å².